The average Bonchev–Trinajstić information content (AvgIpc) is 3.73. The number of carbonyl (C=O) groups excluding carboxylic acids is 1. The molecule has 0 N–H and O–H groups in total. The van der Waals surface area contributed by atoms with E-state index in [9.17, 15) is 26.6 Å². The van der Waals surface area contributed by atoms with Gasteiger partial charge in [0.1, 0.15) is 10.7 Å². The van der Waals surface area contributed by atoms with Gasteiger partial charge in [-0.1, -0.05) is 10.8 Å². The van der Waals surface area contributed by atoms with Crippen molar-refractivity contribution in [1.82, 2.24) is 34.1 Å². The van der Waals surface area contributed by atoms with Crippen LogP contribution in [-0.2, 0) is 34.1 Å². The number of thiazole rings is 1. The molecule has 0 amide bonds. The first-order valence-corrected chi connectivity index (χ1v) is 16.6. The molecule has 0 bridgehead atoms. The summed E-state index contributed by atoms with van der Waals surface area (Å²) < 4.78 is 79.1. The molecule has 1 aliphatic heterocycles. The minimum Gasteiger partial charge on any atom is -0.378 e. The lowest BCUT2D eigenvalue weighted by molar-refractivity contribution is -0.134. The van der Waals surface area contributed by atoms with Crippen LogP contribution in [-0.4, -0.2) is 75.2 Å². The maximum Gasteiger partial charge on any atom is 0.427 e. The molecular weight excluding hydrogens is 634 g/mol. The maximum absolute atomic E-state index is 14.5. The number of hydrogen-bond acceptors (Lipinski definition) is 8. The number of nitrogens with zero attached hydrogens (tertiary/aromatic N) is 7. The third kappa shape index (κ3) is 5.03. The van der Waals surface area contributed by atoms with Crippen molar-refractivity contribution in [1.29, 1.82) is 0 Å². The van der Waals surface area contributed by atoms with Crippen LogP contribution >= 0.6 is 11.3 Å². The van der Waals surface area contributed by atoms with E-state index in [0.717, 1.165) is 5.57 Å². The monoisotopic (exact) mass is 661 g/mol. The smallest absolute Gasteiger partial charge is 0.378 e. The molecule has 4 aromatic rings. The molecule has 2 aliphatic carbocycles. The quantitative estimate of drug-likeness (QED) is 0.165. The highest BCUT2D eigenvalue weighted by atomic mass is 32.2. The van der Waals surface area contributed by atoms with Crippen LogP contribution in [0.1, 0.15) is 45.2 Å². The van der Waals surface area contributed by atoms with Gasteiger partial charge in [0, 0.05) is 13.1 Å². The first kappa shape index (κ1) is 30.0. The molecule has 10 nitrogen and oxygen atoms in total. The predicted octanol–water partition coefficient (Wildman–Crippen LogP) is 4.37. The molecule has 7 rings (SSSR count). The number of ketones is 1. The first-order chi connectivity index (χ1) is 21.4. The summed E-state index contributed by atoms with van der Waals surface area (Å²) in [4.78, 5) is 17.5. The van der Waals surface area contributed by atoms with Crippen LogP contribution in [0.15, 0.2) is 53.5 Å². The number of allylic oxidation sites excluding steroid dienone is 1. The van der Waals surface area contributed by atoms with Gasteiger partial charge in [-0.15, -0.1) is 16.4 Å². The Labute approximate surface area is 259 Å². The Hall–Kier alpha value is -3.73. The van der Waals surface area contributed by atoms with Gasteiger partial charge >= 0.3 is 6.18 Å². The van der Waals surface area contributed by atoms with Crippen molar-refractivity contribution in [3.05, 3.63) is 75.4 Å². The summed E-state index contributed by atoms with van der Waals surface area (Å²) in [6, 6.07) is 5.11. The molecule has 236 valence electrons. The van der Waals surface area contributed by atoms with Gasteiger partial charge in [-0.25, -0.2) is 22.6 Å². The Morgan fingerprint density at radius 1 is 1.20 bits per heavy atom. The second kappa shape index (κ2) is 10.7. The van der Waals surface area contributed by atoms with Gasteiger partial charge in [-0.3, -0.25) is 9.48 Å². The van der Waals surface area contributed by atoms with Crippen molar-refractivity contribution >= 4 is 38.8 Å². The van der Waals surface area contributed by atoms with Crippen molar-refractivity contribution in [2.75, 3.05) is 13.2 Å². The molecule has 3 aromatic heterocycles. The van der Waals surface area contributed by atoms with Crippen molar-refractivity contribution in [2.24, 2.45) is 12.5 Å². The Morgan fingerprint density at radius 3 is 2.58 bits per heavy atom. The van der Waals surface area contributed by atoms with E-state index in [1.807, 2.05) is 6.08 Å². The van der Waals surface area contributed by atoms with E-state index in [1.54, 1.807) is 40.6 Å². The van der Waals surface area contributed by atoms with Crippen LogP contribution < -0.4 is 0 Å². The van der Waals surface area contributed by atoms with E-state index < -0.39 is 43.8 Å². The van der Waals surface area contributed by atoms with Crippen LogP contribution in [0.2, 0.25) is 0 Å². The van der Waals surface area contributed by atoms with Crippen LogP contribution in [0.25, 0.3) is 11.8 Å². The Balaban J connectivity index is 1.33. The number of rotatable bonds is 7. The largest absolute Gasteiger partial charge is 0.427 e. The van der Waals surface area contributed by atoms with Crippen molar-refractivity contribution in [2.45, 2.75) is 49.0 Å². The summed E-state index contributed by atoms with van der Waals surface area (Å²) >= 11 is 0.321. The Bertz CT molecular complexity index is 1930. The zero-order valence-corrected chi connectivity index (χ0v) is 25.5. The van der Waals surface area contributed by atoms with E-state index in [0.29, 0.717) is 60.5 Å². The van der Waals surface area contributed by atoms with E-state index in [4.69, 9.17) is 4.74 Å². The fourth-order valence-corrected chi connectivity index (χ4v) is 9.32. The van der Waals surface area contributed by atoms with E-state index >= 15 is 0 Å². The number of aromatic nitrogens is 6. The minimum absolute atomic E-state index is 0.143. The van der Waals surface area contributed by atoms with Gasteiger partial charge in [0.15, 0.2) is 10.0 Å². The summed E-state index contributed by atoms with van der Waals surface area (Å²) in [5.41, 5.74) is 1.47. The highest BCUT2D eigenvalue weighted by Gasteiger charge is 2.53. The highest BCUT2D eigenvalue weighted by Crippen LogP contribution is 2.52. The van der Waals surface area contributed by atoms with E-state index in [2.05, 4.69) is 26.3 Å². The molecule has 1 aromatic carbocycles. The standard InChI is InChI=1S/C29H27F4N7O3S2/c1-38-14-25(36-37-38)45(2,42)40(22-15-43-16-22)21-6-3-18-9-23-17(12-35-39(23)20-7-4-19(30)5-8-20)10-28(18,11-21)26(41)27-34-13-24(44-27)29(31,32)33/h4-5,7-9,12-14,21-22H,2-3,6,10-11,15-16H2,1H3/t21-,28-,45?/m0/s1. The number of carbonyl (C=O) groups is 1. The van der Waals surface area contributed by atoms with Gasteiger partial charge in [0.2, 0.25) is 5.78 Å². The van der Waals surface area contributed by atoms with Gasteiger partial charge in [-0.2, -0.15) is 18.3 Å². The normalized spacial score (nSPS) is 23.2. The van der Waals surface area contributed by atoms with Gasteiger partial charge in [-0.05, 0) is 67.5 Å². The molecule has 3 atom stereocenters. The maximum atomic E-state index is 14.5. The number of halogens is 4. The second-order valence-electron chi connectivity index (χ2n) is 11.5. The molecule has 45 heavy (non-hydrogen) atoms. The number of benzene rings is 1. The molecule has 4 heterocycles. The van der Waals surface area contributed by atoms with Crippen molar-refractivity contribution < 1.29 is 31.3 Å². The van der Waals surface area contributed by atoms with E-state index in [1.165, 1.54) is 16.8 Å². The van der Waals surface area contributed by atoms with Gasteiger partial charge < -0.3 is 4.74 Å². The number of hydrogen-bond donors (Lipinski definition) is 0. The van der Waals surface area contributed by atoms with Crippen LogP contribution in [0, 0.1) is 11.2 Å². The summed E-state index contributed by atoms with van der Waals surface area (Å²) in [5, 5.41) is 12.5. The molecule has 1 saturated heterocycles. The van der Waals surface area contributed by atoms with Crippen molar-refractivity contribution in [3.8, 4) is 5.69 Å². The van der Waals surface area contributed by atoms with Gasteiger partial charge in [0.25, 0.3) is 0 Å². The third-order valence-corrected chi connectivity index (χ3v) is 11.9. The molecule has 0 radical (unpaired) electrons. The van der Waals surface area contributed by atoms with Crippen molar-refractivity contribution in [3.63, 3.8) is 0 Å². The topological polar surface area (TPSA) is 108 Å². The zero-order chi connectivity index (χ0) is 31.7. The zero-order valence-electron chi connectivity index (χ0n) is 23.9. The fraction of sp³-hybridized carbons (Fsp3) is 0.379. The Morgan fingerprint density at radius 2 is 1.96 bits per heavy atom. The number of Topliss-reactive ketones (excluding diaryl/α,β-unsaturated/α-hetero) is 1. The highest BCUT2D eigenvalue weighted by molar-refractivity contribution is 7.98. The molecule has 0 spiro atoms. The minimum atomic E-state index is -4.64. The number of ether oxygens (including phenoxy) is 1. The summed E-state index contributed by atoms with van der Waals surface area (Å²) in [6.45, 7) is 0.617. The Kier molecular flexibility index (Phi) is 7.11. The number of alkyl halides is 3. The lowest BCUT2D eigenvalue weighted by Crippen LogP contribution is -2.58. The fourth-order valence-electron chi connectivity index (χ4n) is 6.53. The predicted molar refractivity (Wildman–Crippen MR) is 158 cm³/mol. The first-order valence-electron chi connectivity index (χ1n) is 14.1. The van der Waals surface area contributed by atoms with Crippen LogP contribution in [0.5, 0.6) is 0 Å². The number of aryl methyl sites for hydroxylation is 1. The summed E-state index contributed by atoms with van der Waals surface area (Å²) in [6.07, 6.45) is 2.26. The van der Waals surface area contributed by atoms with Gasteiger partial charge in [0.05, 0.1) is 64.4 Å². The number of fused-ring (bicyclic) bond motifs is 2. The molecular formula is C29H27F4N7O3S2. The summed E-state index contributed by atoms with van der Waals surface area (Å²) in [5.74, 6) is 3.15. The van der Waals surface area contributed by atoms with Crippen LogP contribution in [0.4, 0.5) is 17.6 Å². The average molecular weight is 662 g/mol. The summed E-state index contributed by atoms with van der Waals surface area (Å²) in [7, 11) is -1.53. The molecule has 2 fully saturated rings. The van der Waals surface area contributed by atoms with Crippen LogP contribution in [0.3, 0.4) is 0 Å². The lowest BCUT2D eigenvalue weighted by atomic mass is 9.61. The molecule has 16 heteroatoms. The molecule has 1 saturated carbocycles. The molecule has 1 unspecified atom stereocenters. The third-order valence-electron chi connectivity index (χ3n) is 8.71. The molecule has 3 aliphatic rings. The second-order valence-corrected chi connectivity index (χ2v) is 14.7. The van der Waals surface area contributed by atoms with E-state index in [-0.39, 0.29) is 28.9 Å². The SMILES string of the molecule is C=S(=O)(c1cn(C)nn1)N(C1COC1)[C@H]1CCC2=Cc3c(cnn3-c3ccc(F)cc3)C[C@]2(C(=O)c2ncc(C(F)(F)F)s2)C1. The lowest BCUT2D eigenvalue weighted by Gasteiger charge is -2.50.